The number of rotatable bonds is 2. The third kappa shape index (κ3) is 4.90. The zero-order valence-corrected chi connectivity index (χ0v) is 43.8. The topological polar surface area (TPSA) is 0 Å². The maximum Gasteiger partial charge on any atom is 0.0725 e. The number of fused-ring (bicyclic) bond motifs is 26. The summed E-state index contributed by atoms with van der Waals surface area (Å²) in [4.78, 5) is 0. The third-order valence-corrected chi connectivity index (χ3v) is 19.7. The van der Waals surface area contributed by atoms with Crippen molar-refractivity contribution in [1.82, 2.24) is 0 Å². The fourth-order valence-electron chi connectivity index (χ4n) is 16.5. The summed E-state index contributed by atoms with van der Waals surface area (Å²) in [6.07, 6.45) is 0. The van der Waals surface area contributed by atoms with Crippen LogP contribution in [0.25, 0.3) is 89.0 Å². The van der Waals surface area contributed by atoms with E-state index >= 15 is 0 Å². The minimum Gasteiger partial charge on any atom is -0.0619 e. The molecular weight excluding hydrogens is 913 g/mol. The lowest BCUT2D eigenvalue weighted by atomic mass is 9.70. The van der Waals surface area contributed by atoms with Crippen LogP contribution in [0.15, 0.2) is 218 Å². The Labute approximate surface area is 446 Å². The van der Waals surface area contributed by atoms with Crippen molar-refractivity contribution in [2.45, 2.75) is 63.2 Å². The van der Waals surface area contributed by atoms with Crippen LogP contribution in [-0.2, 0) is 21.7 Å². The van der Waals surface area contributed by atoms with E-state index in [-0.39, 0.29) is 21.7 Å². The Balaban J connectivity index is 0.778. The van der Waals surface area contributed by atoms with Crippen molar-refractivity contribution in [1.29, 1.82) is 0 Å². The molecule has 0 atom stereocenters. The molecule has 0 amide bonds. The largest absolute Gasteiger partial charge is 0.0725 e. The van der Waals surface area contributed by atoms with Crippen LogP contribution >= 0.6 is 0 Å². The van der Waals surface area contributed by atoms with E-state index in [0.717, 1.165) is 0 Å². The zero-order chi connectivity index (χ0) is 50.8. The molecule has 11 aromatic carbocycles. The van der Waals surface area contributed by atoms with Gasteiger partial charge in [-0.2, -0.15) is 0 Å². The second-order valence-corrected chi connectivity index (χ2v) is 23.9. The molecule has 0 aromatic heterocycles. The summed E-state index contributed by atoms with van der Waals surface area (Å²) in [6, 6.07) is 84.7. The van der Waals surface area contributed by atoms with Crippen LogP contribution < -0.4 is 0 Å². The molecular formula is C76H54. The lowest BCUT2D eigenvalue weighted by Crippen LogP contribution is -2.25. The van der Waals surface area contributed by atoms with Crippen molar-refractivity contribution in [2.75, 3.05) is 0 Å². The molecule has 0 heterocycles. The maximum absolute atomic E-state index is 2.60. The molecule has 0 aliphatic heterocycles. The average molecular weight is 967 g/mol. The van der Waals surface area contributed by atoms with Gasteiger partial charge in [0.25, 0.3) is 0 Å². The van der Waals surface area contributed by atoms with Gasteiger partial charge in [-0.25, -0.2) is 0 Å². The summed E-state index contributed by atoms with van der Waals surface area (Å²) in [7, 11) is 0. The Morgan fingerprint density at radius 1 is 0.211 bits per heavy atom. The van der Waals surface area contributed by atoms with Crippen LogP contribution in [0.5, 0.6) is 0 Å². The third-order valence-electron chi connectivity index (χ3n) is 19.7. The summed E-state index contributed by atoms with van der Waals surface area (Å²) in [6.45, 7) is 14.6. The van der Waals surface area contributed by atoms with Crippen LogP contribution in [0, 0.1) is 13.8 Å². The highest BCUT2D eigenvalue weighted by atomic mass is 14.5. The van der Waals surface area contributed by atoms with Crippen LogP contribution in [0.1, 0.15) is 106 Å². The second-order valence-electron chi connectivity index (χ2n) is 23.9. The lowest BCUT2D eigenvalue weighted by molar-refractivity contribution is 0.652. The van der Waals surface area contributed by atoms with Crippen LogP contribution in [0.4, 0.5) is 0 Å². The van der Waals surface area contributed by atoms with Crippen molar-refractivity contribution in [3.63, 3.8) is 0 Å². The molecule has 0 saturated carbocycles. The molecule has 6 aliphatic carbocycles. The molecule has 76 heavy (non-hydrogen) atoms. The Hall–Kier alpha value is -8.58. The Bertz CT molecular complexity index is 4070. The Morgan fingerprint density at radius 3 is 0.776 bits per heavy atom. The monoisotopic (exact) mass is 966 g/mol. The molecule has 0 radical (unpaired) electrons. The van der Waals surface area contributed by atoms with E-state index in [0.29, 0.717) is 0 Å². The van der Waals surface area contributed by atoms with Gasteiger partial charge < -0.3 is 0 Å². The van der Waals surface area contributed by atoms with Gasteiger partial charge in [-0.15, -0.1) is 0 Å². The van der Waals surface area contributed by atoms with Gasteiger partial charge in [-0.1, -0.05) is 210 Å². The van der Waals surface area contributed by atoms with Gasteiger partial charge in [0.1, 0.15) is 0 Å². The Kier molecular flexibility index (Phi) is 7.99. The first kappa shape index (κ1) is 42.7. The van der Waals surface area contributed by atoms with Crippen molar-refractivity contribution in [3.8, 4) is 89.0 Å². The van der Waals surface area contributed by atoms with Gasteiger partial charge in [0.15, 0.2) is 0 Å². The first-order valence-electron chi connectivity index (χ1n) is 27.4. The number of benzene rings is 11. The van der Waals surface area contributed by atoms with Gasteiger partial charge in [-0.05, 0) is 217 Å². The van der Waals surface area contributed by atoms with Crippen molar-refractivity contribution in [2.24, 2.45) is 0 Å². The summed E-state index contributed by atoms with van der Waals surface area (Å²) in [5.74, 6) is 0. The molecule has 17 rings (SSSR count). The fraction of sp³-hybridized carbons (Fsp3) is 0.132. The molecule has 0 heteroatoms. The molecule has 0 nitrogen and oxygen atoms in total. The molecule has 11 aromatic rings. The van der Waals surface area contributed by atoms with Crippen molar-refractivity contribution >= 4 is 0 Å². The van der Waals surface area contributed by atoms with Crippen LogP contribution in [0.3, 0.4) is 0 Å². The highest BCUT2D eigenvalue weighted by molar-refractivity contribution is 5.99. The molecule has 0 bridgehead atoms. The molecule has 0 unspecified atom stereocenters. The normalized spacial score (nSPS) is 16.2. The van der Waals surface area contributed by atoms with E-state index in [4.69, 9.17) is 0 Å². The minimum atomic E-state index is -0.370. The molecule has 6 aliphatic rings. The summed E-state index contributed by atoms with van der Waals surface area (Å²) >= 11 is 0. The van der Waals surface area contributed by atoms with E-state index < -0.39 is 0 Å². The number of hydrogen-bond donors (Lipinski definition) is 0. The van der Waals surface area contributed by atoms with Gasteiger partial charge in [0.05, 0.1) is 10.8 Å². The maximum atomic E-state index is 2.60. The summed E-state index contributed by atoms with van der Waals surface area (Å²) in [5, 5.41) is 0. The fourth-order valence-corrected chi connectivity index (χ4v) is 16.5. The first-order valence-corrected chi connectivity index (χ1v) is 27.4. The minimum absolute atomic E-state index is 0.200. The van der Waals surface area contributed by atoms with E-state index in [1.807, 2.05) is 0 Å². The lowest BCUT2D eigenvalue weighted by Gasteiger charge is -2.30. The highest BCUT2D eigenvalue weighted by Gasteiger charge is 2.53. The number of aryl methyl sites for hydroxylation is 2. The van der Waals surface area contributed by atoms with Gasteiger partial charge in [-0.3, -0.25) is 0 Å². The highest BCUT2D eigenvalue weighted by Crippen LogP contribution is 2.66. The summed E-state index contributed by atoms with van der Waals surface area (Å²) in [5.41, 5.74) is 39.7. The zero-order valence-electron chi connectivity index (χ0n) is 43.8. The van der Waals surface area contributed by atoms with E-state index in [1.165, 1.54) is 167 Å². The summed E-state index contributed by atoms with van der Waals surface area (Å²) < 4.78 is 0. The molecule has 2 spiro atoms. The molecule has 0 N–H and O–H groups in total. The molecule has 358 valence electrons. The Morgan fingerprint density at radius 2 is 0.474 bits per heavy atom. The van der Waals surface area contributed by atoms with Crippen molar-refractivity contribution in [3.05, 3.63) is 296 Å². The second kappa shape index (κ2) is 14.2. The predicted molar refractivity (Wildman–Crippen MR) is 315 cm³/mol. The standard InChI is InChI=1S/C76H54/c1-43-35-47(45-31-33-55-53-23-11-17-29-63(53)75(67(55)37-45)59-25-13-7-19-49(59)50-20-8-14-26-60(50)75)39-69-71(43)57-41-66-58(42-65(57)73(69,3)4)72-44(2)36-48(40-70(72)74(66,5)6)46-32-34-56-54-24-12-18-30-64(54)76(68(56)38-46)61-27-15-9-21-51(61)52-22-10-16-28-62(52)76/h7-42H,1-6H3. The molecule has 0 fully saturated rings. The van der Waals surface area contributed by atoms with Gasteiger partial charge in [0.2, 0.25) is 0 Å². The van der Waals surface area contributed by atoms with Crippen LogP contribution in [-0.4, -0.2) is 0 Å². The van der Waals surface area contributed by atoms with Crippen LogP contribution in [0.2, 0.25) is 0 Å². The van der Waals surface area contributed by atoms with E-state index in [2.05, 4.69) is 260 Å². The van der Waals surface area contributed by atoms with Gasteiger partial charge >= 0.3 is 0 Å². The van der Waals surface area contributed by atoms with E-state index in [1.54, 1.807) is 0 Å². The predicted octanol–water partition coefficient (Wildman–Crippen LogP) is 18.9. The quantitative estimate of drug-likeness (QED) is 0.162. The smallest absolute Gasteiger partial charge is 0.0619 e. The average Bonchev–Trinajstić information content (AvgIpc) is 4.40. The molecule has 0 saturated heterocycles. The van der Waals surface area contributed by atoms with Crippen molar-refractivity contribution < 1.29 is 0 Å². The SMILES string of the molecule is Cc1cc(-c2ccc3c(c2)C2(c4ccccc4-c4ccccc42)c2ccccc2-3)cc2c1-c1cc3c(cc1C2(C)C)-c1c(C)cc(-c2ccc4c(c2)C2(c5ccccc5-c5ccccc52)c2ccccc2-4)cc1C3(C)C. The number of hydrogen-bond acceptors (Lipinski definition) is 0. The first-order chi connectivity index (χ1) is 37.0. The van der Waals surface area contributed by atoms with Gasteiger partial charge in [0, 0.05) is 10.8 Å². The van der Waals surface area contributed by atoms with E-state index in [9.17, 15) is 0 Å².